The SMILES string of the molecule is Cc1ccccc1COc1ccc(C(O)=C2C(=O)C(=O)N(CCN3CCOCC3)C2c2ccc(F)cc2)cc1. The van der Waals surface area contributed by atoms with Crippen LogP contribution < -0.4 is 4.74 Å². The van der Waals surface area contributed by atoms with Gasteiger partial charge in [-0.1, -0.05) is 36.4 Å². The summed E-state index contributed by atoms with van der Waals surface area (Å²) in [6, 6.07) is 19.5. The van der Waals surface area contributed by atoms with Gasteiger partial charge in [-0.15, -0.1) is 0 Å². The Hall–Kier alpha value is -4.01. The lowest BCUT2D eigenvalue weighted by atomic mass is 9.95. The quantitative estimate of drug-likeness (QED) is 0.263. The van der Waals surface area contributed by atoms with Gasteiger partial charge in [0.05, 0.1) is 24.8 Å². The predicted octanol–water partition coefficient (Wildman–Crippen LogP) is 4.47. The fourth-order valence-electron chi connectivity index (χ4n) is 4.97. The number of hydrogen-bond acceptors (Lipinski definition) is 6. The van der Waals surface area contributed by atoms with Crippen molar-refractivity contribution in [3.63, 3.8) is 0 Å². The van der Waals surface area contributed by atoms with Crippen LogP contribution in [0.1, 0.15) is 28.3 Å². The molecule has 0 bridgehead atoms. The highest BCUT2D eigenvalue weighted by Gasteiger charge is 2.46. The van der Waals surface area contributed by atoms with Gasteiger partial charge < -0.3 is 19.5 Å². The molecule has 0 spiro atoms. The molecule has 1 unspecified atom stereocenters. The van der Waals surface area contributed by atoms with Crippen molar-refractivity contribution in [2.75, 3.05) is 39.4 Å². The molecule has 2 aliphatic rings. The molecule has 3 aromatic rings. The summed E-state index contributed by atoms with van der Waals surface area (Å²) in [5, 5.41) is 11.3. The molecule has 3 aromatic carbocycles. The lowest BCUT2D eigenvalue weighted by Crippen LogP contribution is -2.42. The highest BCUT2D eigenvalue weighted by Crippen LogP contribution is 2.39. The number of Topliss-reactive ketones (excluding diaryl/α,β-unsaturated/α-hetero) is 1. The van der Waals surface area contributed by atoms with Crippen LogP contribution in [-0.2, 0) is 20.9 Å². The Morgan fingerprint density at radius 3 is 2.36 bits per heavy atom. The highest BCUT2D eigenvalue weighted by atomic mass is 19.1. The number of benzene rings is 3. The Bertz CT molecular complexity index is 1360. The first kappa shape index (κ1) is 26.6. The third-order valence-corrected chi connectivity index (χ3v) is 7.27. The molecule has 2 saturated heterocycles. The molecule has 7 nitrogen and oxygen atoms in total. The van der Waals surface area contributed by atoms with E-state index in [1.807, 2.05) is 31.2 Å². The standard InChI is InChI=1S/C31H31FN2O5/c1-21-4-2-3-5-24(21)20-39-26-12-8-23(9-13-26)29(35)27-28(22-6-10-25(32)11-7-22)34(31(37)30(27)36)15-14-33-16-18-38-19-17-33/h2-13,28,35H,14-20H2,1H3. The Morgan fingerprint density at radius 1 is 0.974 bits per heavy atom. The van der Waals surface area contributed by atoms with Crippen LogP contribution in [0.3, 0.4) is 0 Å². The Balaban J connectivity index is 1.41. The summed E-state index contributed by atoms with van der Waals surface area (Å²) in [6.07, 6.45) is 0. The highest BCUT2D eigenvalue weighted by molar-refractivity contribution is 6.46. The van der Waals surface area contributed by atoms with Crippen molar-refractivity contribution in [1.29, 1.82) is 0 Å². The number of carbonyl (C=O) groups excluding carboxylic acids is 2. The molecular formula is C31H31FN2O5. The molecule has 1 N–H and O–H groups in total. The van der Waals surface area contributed by atoms with Crippen LogP contribution >= 0.6 is 0 Å². The number of halogens is 1. The number of ether oxygens (including phenoxy) is 2. The van der Waals surface area contributed by atoms with Gasteiger partial charge in [0.25, 0.3) is 11.7 Å². The van der Waals surface area contributed by atoms with Crippen molar-refractivity contribution in [3.05, 3.63) is 106 Å². The van der Waals surface area contributed by atoms with Gasteiger partial charge in [0.1, 0.15) is 23.9 Å². The summed E-state index contributed by atoms with van der Waals surface area (Å²) < 4.78 is 25.0. The number of aliphatic hydroxyl groups excluding tert-OH is 1. The van der Waals surface area contributed by atoms with Crippen molar-refractivity contribution >= 4 is 17.4 Å². The zero-order valence-electron chi connectivity index (χ0n) is 21.8. The first-order valence-electron chi connectivity index (χ1n) is 13.0. The van der Waals surface area contributed by atoms with Crippen LogP contribution in [-0.4, -0.2) is 66.0 Å². The zero-order valence-corrected chi connectivity index (χ0v) is 21.8. The summed E-state index contributed by atoms with van der Waals surface area (Å²) in [7, 11) is 0. The molecule has 5 rings (SSSR count). The third kappa shape index (κ3) is 5.87. The first-order valence-corrected chi connectivity index (χ1v) is 13.0. The summed E-state index contributed by atoms with van der Waals surface area (Å²) >= 11 is 0. The minimum absolute atomic E-state index is 0.0119. The van der Waals surface area contributed by atoms with E-state index in [0.29, 0.717) is 43.2 Å². The molecule has 2 aliphatic heterocycles. The summed E-state index contributed by atoms with van der Waals surface area (Å²) in [6.45, 7) is 5.98. The van der Waals surface area contributed by atoms with Gasteiger partial charge in [-0.3, -0.25) is 14.5 Å². The minimum Gasteiger partial charge on any atom is -0.507 e. The van der Waals surface area contributed by atoms with Crippen LogP contribution in [0.4, 0.5) is 4.39 Å². The van der Waals surface area contributed by atoms with Gasteiger partial charge in [0, 0.05) is 31.7 Å². The second-order valence-electron chi connectivity index (χ2n) is 9.74. The molecule has 1 amide bonds. The second kappa shape index (κ2) is 11.8. The predicted molar refractivity (Wildman–Crippen MR) is 145 cm³/mol. The van der Waals surface area contributed by atoms with E-state index in [4.69, 9.17) is 9.47 Å². The van der Waals surface area contributed by atoms with Crippen LogP contribution in [0, 0.1) is 12.7 Å². The van der Waals surface area contributed by atoms with Gasteiger partial charge >= 0.3 is 0 Å². The number of aliphatic hydroxyl groups is 1. The van der Waals surface area contributed by atoms with Crippen LogP contribution in [0.15, 0.2) is 78.4 Å². The van der Waals surface area contributed by atoms with E-state index >= 15 is 0 Å². The van der Waals surface area contributed by atoms with E-state index in [9.17, 15) is 19.1 Å². The Labute approximate surface area is 227 Å². The van der Waals surface area contributed by atoms with Crippen molar-refractivity contribution < 1.29 is 28.6 Å². The number of amides is 1. The molecule has 2 fully saturated rings. The zero-order chi connectivity index (χ0) is 27.4. The molecule has 0 saturated carbocycles. The fraction of sp³-hybridized carbons (Fsp3) is 0.290. The van der Waals surface area contributed by atoms with Crippen LogP contribution in [0.25, 0.3) is 5.76 Å². The van der Waals surface area contributed by atoms with Gasteiger partial charge in [-0.2, -0.15) is 0 Å². The van der Waals surface area contributed by atoms with Crippen molar-refractivity contribution in [2.45, 2.75) is 19.6 Å². The Morgan fingerprint density at radius 2 is 1.67 bits per heavy atom. The molecule has 202 valence electrons. The van der Waals surface area contributed by atoms with Gasteiger partial charge in [-0.25, -0.2) is 4.39 Å². The minimum atomic E-state index is -0.830. The fourth-order valence-corrected chi connectivity index (χ4v) is 4.97. The van der Waals surface area contributed by atoms with Crippen molar-refractivity contribution in [1.82, 2.24) is 9.80 Å². The topological polar surface area (TPSA) is 79.3 Å². The normalized spacial score (nSPS) is 19.4. The number of hydrogen-bond donors (Lipinski definition) is 1. The van der Waals surface area contributed by atoms with E-state index in [1.165, 1.54) is 17.0 Å². The largest absolute Gasteiger partial charge is 0.507 e. The maximum absolute atomic E-state index is 13.7. The number of nitrogens with zero attached hydrogens (tertiary/aromatic N) is 2. The van der Waals surface area contributed by atoms with E-state index < -0.39 is 23.5 Å². The maximum Gasteiger partial charge on any atom is 0.295 e. The van der Waals surface area contributed by atoms with E-state index in [0.717, 1.165) is 24.2 Å². The molecule has 39 heavy (non-hydrogen) atoms. The summed E-state index contributed by atoms with van der Waals surface area (Å²) in [4.78, 5) is 30.1. The number of likely N-dealkylation sites (tertiary alicyclic amines) is 1. The number of carbonyl (C=O) groups is 2. The summed E-state index contributed by atoms with van der Waals surface area (Å²) in [5.74, 6) is -1.54. The average molecular weight is 531 g/mol. The van der Waals surface area contributed by atoms with Gasteiger partial charge in [0.15, 0.2) is 0 Å². The van der Waals surface area contributed by atoms with Gasteiger partial charge in [0.2, 0.25) is 0 Å². The first-order chi connectivity index (χ1) is 18.9. The lowest BCUT2D eigenvalue weighted by Gasteiger charge is -2.31. The molecule has 1 atom stereocenters. The number of ketones is 1. The molecule has 2 heterocycles. The van der Waals surface area contributed by atoms with Crippen molar-refractivity contribution in [3.8, 4) is 5.75 Å². The molecule has 0 radical (unpaired) electrons. The lowest BCUT2D eigenvalue weighted by molar-refractivity contribution is -0.140. The number of rotatable bonds is 8. The second-order valence-corrected chi connectivity index (χ2v) is 9.74. The van der Waals surface area contributed by atoms with Crippen LogP contribution in [0.5, 0.6) is 5.75 Å². The Kier molecular flexibility index (Phi) is 8.05. The van der Waals surface area contributed by atoms with E-state index in [2.05, 4.69) is 4.90 Å². The molecule has 0 aliphatic carbocycles. The van der Waals surface area contributed by atoms with Gasteiger partial charge in [-0.05, 0) is 60.0 Å². The third-order valence-electron chi connectivity index (χ3n) is 7.27. The van der Waals surface area contributed by atoms with Crippen LogP contribution in [0.2, 0.25) is 0 Å². The number of morpholine rings is 1. The molecule has 0 aromatic heterocycles. The molecular weight excluding hydrogens is 499 g/mol. The van der Waals surface area contributed by atoms with E-state index in [-0.39, 0.29) is 17.9 Å². The smallest absolute Gasteiger partial charge is 0.295 e. The average Bonchev–Trinajstić information content (AvgIpc) is 3.21. The summed E-state index contributed by atoms with van der Waals surface area (Å²) in [5.41, 5.74) is 3.13. The van der Waals surface area contributed by atoms with E-state index in [1.54, 1.807) is 36.4 Å². The molecule has 8 heteroatoms. The maximum atomic E-state index is 13.7. The number of aryl methyl sites for hydroxylation is 1. The monoisotopic (exact) mass is 530 g/mol. The van der Waals surface area contributed by atoms with Crippen molar-refractivity contribution in [2.24, 2.45) is 0 Å².